The summed E-state index contributed by atoms with van der Waals surface area (Å²) in [5.74, 6) is -0.0956. The highest BCUT2D eigenvalue weighted by Gasteiger charge is 2.12. The third-order valence-electron chi connectivity index (χ3n) is 3.41. The molecule has 3 rings (SSSR count). The van der Waals surface area contributed by atoms with Crippen LogP contribution in [0.4, 0.5) is 5.69 Å². The first kappa shape index (κ1) is 15.1. The van der Waals surface area contributed by atoms with Gasteiger partial charge in [-0.1, -0.05) is 27.5 Å². The lowest BCUT2D eigenvalue weighted by molar-refractivity contribution is -0.115. The molecule has 0 aliphatic heterocycles. The summed E-state index contributed by atoms with van der Waals surface area (Å²) in [6, 6.07) is 11.2. The van der Waals surface area contributed by atoms with Crippen LogP contribution in [0.25, 0.3) is 11.0 Å². The lowest BCUT2D eigenvalue weighted by Gasteiger charge is -2.05. The smallest absolute Gasteiger partial charge is 0.228 e. The van der Waals surface area contributed by atoms with Crippen molar-refractivity contribution in [2.45, 2.75) is 13.3 Å². The van der Waals surface area contributed by atoms with E-state index in [1.807, 2.05) is 43.3 Å². The molecular weight excluding hydrogens is 366 g/mol. The fraction of sp³-hybridized carbons (Fsp3) is 0.118. The molecule has 0 fully saturated rings. The van der Waals surface area contributed by atoms with Gasteiger partial charge in [0, 0.05) is 26.1 Å². The molecule has 112 valence electrons. The molecule has 1 amide bonds. The molecule has 5 heteroatoms. The number of fused-ring (bicyclic) bond motifs is 1. The summed E-state index contributed by atoms with van der Waals surface area (Å²) in [6.45, 7) is 1.92. The molecule has 0 saturated carbocycles. The monoisotopic (exact) mass is 377 g/mol. The van der Waals surface area contributed by atoms with Crippen molar-refractivity contribution in [1.82, 2.24) is 0 Å². The Morgan fingerprint density at radius 3 is 2.73 bits per heavy atom. The molecule has 0 unspecified atom stereocenters. The molecule has 0 atom stereocenters. The molecule has 1 aromatic heterocycles. The first-order valence-corrected chi connectivity index (χ1v) is 7.91. The van der Waals surface area contributed by atoms with Gasteiger partial charge in [-0.3, -0.25) is 4.79 Å². The summed E-state index contributed by atoms with van der Waals surface area (Å²) < 4.78 is 6.48. The number of furan rings is 1. The van der Waals surface area contributed by atoms with Gasteiger partial charge in [-0.05, 0) is 48.9 Å². The van der Waals surface area contributed by atoms with E-state index in [2.05, 4.69) is 21.2 Å². The predicted molar refractivity (Wildman–Crippen MR) is 92.4 cm³/mol. The summed E-state index contributed by atoms with van der Waals surface area (Å²) in [5, 5.41) is 4.41. The minimum absolute atomic E-state index is 0.0956. The van der Waals surface area contributed by atoms with Crippen LogP contribution >= 0.6 is 27.5 Å². The molecule has 3 aromatic rings. The van der Waals surface area contributed by atoms with Crippen LogP contribution in [0.5, 0.6) is 0 Å². The number of benzene rings is 2. The lowest BCUT2D eigenvalue weighted by atomic mass is 10.1. The minimum Gasteiger partial charge on any atom is -0.464 e. The zero-order valence-electron chi connectivity index (χ0n) is 11.8. The standard InChI is InChI=1S/C17H13BrClNO2/c1-10-6-16-14(8-15(10)19)11(9-22-16)7-17(21)20-13-4-2-12(18)3-5-13/h2-6,8-9H,7H2,1H3,(H,20,21). The Balaban J connectivity index is 1.79. The van der Waals surface area contributed by atoms with Crippen LogP contribution in [0.15, 0.2) is 51.6 Å². The van der Waals surface area contributed by atoms with Crippen LogP contribution < -0.4 is 5.32 Å². The molecule has 0 aliphatic carbocycles. The Morgan fingerprint density at radius 2 is 2.00 bits per heavy atom. The van der Waals surface area contributed by atoms with E-state index in [4.69, 9.17) is 16.0 Å². The van der Waals surface area contributed by atoms with Crippen molar-refractivity contribution >= 4 is 50.1 Å². The van der Waals surface area contributed by atoms with Gasteiger partial charge in [0.1, 0.15) is 5.58 Å². The molecule has 2 aromatic carbocycles. The molecule has 0 aliphatic rings. The Hall–Kier alpha value is -1.78. The molecule has 0 spiro atoms. The van der Waals surface area contributed by atoms with Crippen molar-refractivity contribution in [2.24, 2.45) is 0 Å². The van der Waals surface area contributed by atoms with Gasteiger partial charge >= 0.3 is 0 Å². The number of aryl methyl sites for hydroxylation is 1. The number of amides is 1. The quantitative estimate of drug-likeness (QED) is 0.668. The lowest BCUT2D eigenvalue weighted by Crippen LogP contribution is -2.14. The highest BCUT2D eigenvalue weighted by Crippen LogP contribution is 2.28. The van der Waals surface area contributed by atoms with Gasteiger partial charge in [0.15, 0.2) is 0 Å². The van der Waals surface area contributed by atoms with Crippen molar-refractivity contribution in [2.75, 3.05) is 5.32 Å². The van der Waals surface area contributed by atoms with Crippen molar-refractivity contribution in [3.8, 4) is 0 Å². The van der Waals surface area contributed by atoms with E-state index in [1.54, 1.807) is 6.26 Å². The fourth-order valence-electron chi connectivity index (χ4n) is 2.25. The van der Waals surface area contributed by atoms with Gasteiger partial charge in [-0.2, -0.15) is 0 Å². The van der Waals surface area contributed by atoms with Crippen molar-refractivity contribution in [1.29, 1.82) is 0 Å². The zero-order chi connectivity index (χ0) is 15.7. The van der Waals surface area contributed by atoms with Gasteiger partial charge in [0.2, 0.25) is 5.91 Å². The maximum absolute atomic E-state index is 12.2. The Labute approximate surface area is 141 Å². The SMILES string of the molecule is Cc1cc2occ(CC(=O)Nc3ccc(Br)cc3)c2cc1Cl. The van der Waals surface area contributed by atoms with Crippen LogP contribution in [-0.2, 0) is 11.2 Å². The summed E-state index contributed by atoms with van der Waals surface area (Å²) in [4.78, 5) is 12.2. The van der Waals surface area contributed by atoms with Crippen LogP contribution in [0, 0.1) is 6.92 Å². The molecule has 3 nitrogen and oxygen atoms in total. The van der Waals surface area contributed by atoms with Crippen LogP contribution in [0.3, 0.4) is 0 Å². The number of hydrogen-bond donors (Lipinski definition) is 1. The summed E-state index contributed by atoms with van der Waals surface area (Å²) in [6.07, 6.45) is 1.85. The summed E-state index contributed by atoms with van der Waals surface area (Å²) in [5.41, 5.74) is 3.28. The highest BCUT2D eigenvalue weighted by atomic mass is 79.9. The topological polar surface area (TPSA) is 42.2 Å². The van der Waals surface area contributed by atoms with Crippen molar-refractivity contribution in [3.63, 3.8) is 0 Å². The Kier molecular flexibility index (Phi) is 4.23. The van der Waals surface area contributed by atoms with E-state index in [-0.39, 0.29) is 12.3 Å². The second kappa shape index (κ2) is 6.15. The van der Waals surface area contributed by atoms with Gasteiger partial charge in [0.25, 0.3) is 0 Å². The zero-order valence-corrected chi connectivity index (χ0v) is 14.2. The van der Waals surface area contributed by atoms with Crippen molar-refractivity contribution in [3.05, 3.63) is 63.3 Å². The molecule has 0 bridgehead atoms. The maximum Gasteiger partial charge on any atom is 0.228 e. The van der Waals surface area contributed by atoms with Crippen molar-refractivity contribution < 1.29 is 9.21 Å². The number of anilines is 1. The number of carbonyl (C=O) groups excluding carboxylic acids is 1. The molecule has 1 N–H and O–H groups in total. The number of nitrogens with one attached hydrogen (secondary N) is 1. The average Bonchev–Trinajstić information content (AvgIpc) is 2.84. The molecular formula is C17H13BrClNO2. The molecule has 0 radical (unpaired) electrons. The fourth-order valence-corrected chi connectivity index (χ4v) is 2.68. The summed E-state index contributed by atoms with van der Waals surface area (Å²) in [7, 11) is 0. The number of carbonyl (C=O) groups is 1. The summed E-state index contributed by atoms with van der Waals surface area (Å²) >= 11 is 9.51. The second-order valence-corrected chi connectivity index (χ2v) is 6.41. The average molecular weight is 379 g/mol. The first-order valence-electron chi connectivity index (χ1n) is 6.74. The number of hydrogen-bond acceptors (Lipinski definition) is 2. The molecule has 1 heterocycles. The third-order valence-corrected chi connectivity index (χ3v) is 4.35. The van der Waals surface area contributed by atoms with E-state index in [9.17, 15) is 4.79 Å². The third kappa shape index (κ3) is 3.18. The predicted octanol–water partition coefficient (Wildman–Crippen LogP) is 5.34. The normalized spacial score (nSPS) is 10.9. The number of halogens is 2. The van der Waals surface area contributed by atoms with E-state index in [0.29, 0.717) is 5.02 Å². The molecule has 0 saturated heterocycles. The van der Waals surface area contributed by atoms with E-state index >= 15 is 0 Å². The first-order chi connectivity index (χ1) is 10.5. The number of rotatable bonds is 3. The van der Waals surface area contributed by atoms with E-state index in [0.717, 1.165) is 32.3 Å². The second-order valence-electron chi connectivity index (χ2n) is 5.09. The van der Waals surface area contributed by atoms with Gasteiger partial charge < -0.3 is 9.73 Å². The molecule has 22 heavy (non-hydrogen) atoms. The maximum atomic E-state index is 12.2. The van der Waals surface area contributed by atoms with Crippen LogP contribution in [0.2, 0.25) is 5.02 Å². The Bertz CT molecular complexity index is 840. The Morgan fingerprint density at radius 1 is 1.27 bits per heavy atom. The van der Waals surface area contributed by atoms with Gasteiger partial charge in [-0.15, -0.1) is 0 Å². The van der Waals surface area contributed by atoms with Gasteiger partial charge in [-0.25, -0.2) is 0 Å². The van der Waals surface area contributed by atoms with E-state index in [1.165, 1.54) is 0 Å². The van der Waals surface area contributed by atoms with Crippen LogP contribution in [0.1, 0.15) is 11.1 Å². The van der Waals surface area contributed by atoms with Crippen LogP contribution in [-0.4, -0.2) is 5.91 Å². The van der Waals surface area contributed by atoms with E-state index < -0.39 is 0 Å². The van der Waals surface area contributed by atoms with Gasteiger partial charge in [0.05, 0.1) is 12.7 Å². The largest absolute Gasteiger partial charge is 0.464 e. The minimum atomic E-state index is -0.0956. The highest BCUT2D eigenvalue weighted by molar-refractivity contribution is 9.10.